The molecule has 1 aromatic rings. The van der Waals surface area contributed by atoms with Crippen LogP contribution in [0.4, 0.5) is 4.39 Å². The Bertz CT molecular complexity index is 342. The summed E-state index contributed by atoms with van der Waals surface area (Å²) in [6.45, 7) is 1.21. The van der Waals surface area contributed by atoms with Gasteiger partial charge in [-0.15, -0.1) is 0 Å². The van der Waals surface area contributed by atoms with Crippen molar-refractivity contribution in [2.75, 3.05) is 13.2 Å². The minimum Gasteiger partial charge on any atom is -0.489 e. The third kappa shape index (κ3) is 2.79. The van der Waals surface area contributed by atoms with Crippen LogP contribution in [0.15, 0.2) is 12.3 Å². The number of aromatic nitrogens is 1. The summed E-state index contributed by atoms with van der Waals surface area (Å²) in [7, 11) is 0. The van der Waals surface area contributed by atoms with E-state index in [1.807, 2.05) is 0 Å². The normalized spacial score (nSPS) is 20.5. The molecule has 3 nitrogen and oxygen atoms in total. The van der Waals surface area contributed by atoms with E-state index in [9.17, 15) is 4.39 Å². The monoisotopic (exact) mass is 231 g/mol. The lowest BCUT2D eigenvalue weighted by atomic mass is 10.2. The van der Waals surface area contributed by atoms with E-state index < -0.39 is 5.82 Å². The van der Waals surface area contributed by atoms with E-state index in [0.717, 1.165) is 19.4 Å². The van der Waals surface area contributed by atoms with Gasteiger partial charge in [0.05, 0.1) is 12.3 Å². The van der Waals surface area contributed by atoms with Crippen LogP contribution in [0.1, 0.15) is 12.8 Å². The molecule has 1 aliphatic heterocycles. The van der Waals surface area contributed by atoms with Gasteiger partial charge in [-0.05, 0) is 12.8 Å². The van der Waals surface area contributed by atoms with Gasteiger partial charge < -0.3 is 9.47 Å². The van der Waals surface area contributed by atoms with Crippen LogP contribution in [0.2, 0.25) is 5.15 Å². The first-order valence-electron chi connectivity index (χ1n) is 4.81. The fraction of sp³-hybridized carbons (Fsp3) is 0.500. The maximum absolute atomic E-state index is 13.0. The Labute approximate surface area is 92.2 Å². The first-order chi connectivity index (χ1) is 7.25. The summed E-state index contributed by atoms with van der Waals surface area (Å²) in [6.07, 6.45) is 3.56. The van der Waals surface area contributed by atoms with Crippen LogP contribution in [-0.2, 0) is 4.74 Å². The predicted molar refractivity (Wildman–Crippen MR) is 53.7 cm³/mol. The quantitative estimate of drug-likeness (QED) is 0.749. The summed E-state index contributed by atoms with van der Waals surface area (Å²) in [4.78, 5) is 3.65. The van der Waals surface area contributed by atoms with Crippen LogP contribution in [0.25, 0.3) is 0 Å². The summed E-state index contributed by atoms with van der Waals surface area (Å²) in [5, 5.41) is -0.139. The second-order valence-electron chi connectivity index (χ2n) is 3.39. The highest BCUT2D eigenvalue weighted by Crippen LogP contribution is 2.19. The first-order valence-corrected chi connectivity index (χ1v) is 5.19. The lowest BCUT2D eigenvalue weighted by Crippen LogP contribution is -2.16. The zero-order valence-electron chi connectivity index (χ0n) is 8.08. The van der Waals surface area contributed by atoms with Crippen molar-refractivity contribution in [3.8, 4) is 5.75 Å². The van der Waals surface area contributed by atoms with Gasteiger partial charge in [0.2, 0.25) is 0 Å². The number of hydrogen-bond donors (Lipinski definition) is 0. The average molecular weight is 232 g/mol. The van der Waals surface area contributed by atoms with Gasteiger partial charge in [0, 0.05) is 12.7 Å². The molecule has 1 fully saturated rings. The van der Waals surface area contributed by atoms with E-state index >= 15 is 0 Å². The van der Waals surface area contributed by atoms with Gasteiger partial charge in [-0.3, -0.25) is 0 Å². The minimum absolute atomic E-state index is 0.115. The average Bonchev–Trinajstić information content (AvgIpc) is 2.73. The SMILES string of the molecule is Fc1cc(OCC2CCCO2)cnc1Cl. The maximum atomic E-state index is 13.0. The highest BCUT2D eigenvalue weighted by atomic mass is 35.5. The third-order valence-corrected chi connectivity index (χ3v) is 2.51. The second kappa shape index (κ2) is 4.77. The van der Waals surface area contributed by atoms with Crippen molar-refractivity contribution in [2.24, 2.45) is 0 Å². The number of rotatable bonds is 3. The lowest BCUT2D eigenvalue weighted by Gasteiger charge is -2.10. The number of pyridine rings is 1. The van der Waals surface area contributed by atoms with Crippen molar-refractivity contribution in [1.82, 2.24) is 4.98 Å². The zero-order valence-corrected chi connectivity index (χ0v) is 8.84. The van der Waals surface area contributed by atoms with E-state index in [1.54, 1.807) is 0 Å². The largest absolute Gasteiger partial charge is 0.489 e. The first kappa shape index (κ1) is 10.6. The molecule has 2 rings (SSSR count). The number of halogens is 2. The Hall–Kier alpha value is -0.870. The van der Waals surface area contributed by atoms with Crippen LogP contribution >= 0.6 is 11.6 Å². The number of ether oxygens (including phenoxy) is 2. The molecular formula is C10H11ClFNO2. The maximum Gasteiger partial charge on any atom is 0.164 e. The molecule has 1 aromatic heterocycles. The Kier molecular flexibility index (Phi) is 3.38. The van der Waals surface area contributed by atoms with Crippen molar-refractivity contribution in [1.29, 1.82) is 0 Å². The van der Waals surface area contributed by atoms with Gasteiger partial charge in [0.25, 0.3) is 0 Å². The molecule has 0 bridgehead atoms. The van der Waals surface area contributed by atoms with E-state index in [0.29, 0.717) is 12.4 Å². The van der Waals surface area contributed by atoms with Crippen LogP contribution in [0.5, 0.6) is 5.75 Å². The van der Waals surface area contributed by atoms with Crippen LogP contribution < -0.4 is 4.74 Å². The lowest BCUT2D eigenvalue weighted by molar-refractivity contribution is 0.0677. The second-order valence-corrected chi connectivity index (χ2v) is 3.75. The summed E-state index contributed by atoms with van der Waals surface area (Å²) >= 11 is 5.44. The highest BCUT2D eigenvalue weighted by molar-refractivity contribution is 6.29. The van der Waals surface area contributed by atoms with Crippen molar-refractivity contribution in [3.63, 3.8) is 0 Å². The van der Waals surface area contributed by atoms with Crippen LogP contribution in [0.3, 0.4) is 0 Å². The molecule has 0 amide bonds. The molecule has 0 saturated carbocycles. The van der Waals surface area contributed by atoms with Gasteiger partial charge in [0.1, 0.15) is 12.4 Å². The fourth-order valence-electron chi connectivity index (χ4n) is 1.45. The van der Waals surface area contributed by atoms with E-state index in [4.69, 9.17) is 21.1 Å². The van der Waals surface area contributed by atoms with Crippen molar-refractivity contribution >= 4 is 11.6 Å². The number of hydrogen-bond acceptors (Lipinski definition) is 3. The van der Waals surface area contributed by atoms with Gasteiger partial charge in [-0.1, -0.05) is 11.6 Å². The molecule has 0 N–H and O–H groups in total. The Morgan fingerprint density at radius 1 is 1.67 bits per heavy atom. The molecule has 2 heterocycles. The van der Waals surface area contributed by atoms with Gasteiger partial charge in [-0.25, -0.2) is 9.37 Å². The smallest absolute Gasteiger partial charge is 0.164 e. The standard InChI is InChI=1S/C10H11ClFNO2/c11-10-9(12)4-8(5-13-10)15-6-7-2-1-3-14-7/h4-5,7H,1-3,6H2. The van der Waals surface area contributed by atoms with Gasteiger partial charge in [0.15, 0.2) is 11.0 Å². The molecule has 0 radical (unpaired) electrons. The zero-order chi connectivity index (χ0) is 10.7. The van der Waals surface area contributed by atoms with Crippen LogP contribution in [0, 0.1) is 5.82 Å². The molecule has 1 atom stereocenters. The topological polar surface area (TPSA) is 31.4 Å². The van der Waals surface area contributed by atoms with Gasteiger partial charge >= 0.3 is 0 Å². The van der Waals surface area contributed by atoms with Gasteiger partial charge in [-0.2, -0.15) is 0 Å². The Balaban J connectivity index is 1.90. The minimum atomic E-state index is -0.568. The Morgan fingerprint density at radius 3 is 3.20 bits per heavy atom. The fourth-order valence-corrected chi connectivity index (χ4v) is 1.55. The van der Waals surface area contributed by atoms with Crippen molar-refractivity contribution in [2.45, 2.75) is 18.9 Å². The summed E-state index contributed by atoms with van der Waals surface area (Å²) < 4.78 is 23.7. The molecule has 82 valence electrons. The molecule has 1 aliphatic rings. The Morgan fingerprint density at radius 2 is 2.53 bits per heavy atom. The summed E-state index contributed by atoms with van der Waals surface area (Å²) in [5.74, 6) is -0.186. The molecular weight excluding hydrogens is 221 g/mol. The molecule has 15 heavy (non-hydrogen) atoms. The molecule has 0 aliphatic carbocycles. The summed E-state index contributed by atoms with van der Waals surface area (Å²) in [5.41, 5.74) is 0. The van der Waals surface area contributed by atoms with Crippen molar-refractivity contribution in [3.05, 3.63) is 23.2 Å². The molecule has 5 heteroatoms. The predicted octanol–water partition coefficient (Wildman–Crippen LogP) is 2.43. The van der Waals surface area contributed by atoms with E-state index in [2.05, 4.69) is 4.98 Å². The molecule has 0 aromatic carbocycles. The molecule has 0 spiro atoms. The van der Waals surface area contributed by atoms with E-state index in [1.165, 1.54) is 12.3 Å². The van der Waals surface area contributed by atoms with Crippen LogP contribution in [-0.4, -0.2) is 24.3 Å². The molecule has 1 saturated heterocycles. The molecule has 1 unspecified atom stereocenters. The highest BCUT2D eigenvalue weighted by Gasteiger charge is 2.16. The van der Waals surface area contributed by atoms with Crippen molar-refractivity contribution < 1.29 is 13.9 Å². The number of nitrogens with zero attached hydrogens (tertiary/aromatic N) is 1. The van der Waals surface area contributed by atoms with E-state index in [-0.39, 0.29) is 11.3 Å². The summed E-state index contributed by atoms with van der Waals surface area (Å²) in [6, 6.07) is 1.23. The third-order valence-electron chi connectivity index (χ3n) is 2.23.